The standard InChI is InChI=1S/C17H20N2O2S2/c1-23(20,21)18-12-6-7-13-19-14-8-2-4-10-16(14)22-17-11-5-3-9-15(17)19/h2-5,8-11,18H,6-7,12-13H2,1H3. The summed E-state index contributed by atoms with van der Waals surface area (Å²) >= 11 is 1.80. The van der Waals surface area contributed by atoms with Crippen molar-refractivity contribution in [1.29, 1.82) is 0 Å². The van der Waals surface area contributed by atoms with Crippen molar-refractivity contribution in [3.05, 3.63) is 48.5 Å². The second-order valence-corrected chi connectivity index (χ2v) is 8.48. The highest BCUT2D eigenvalue weighted by molar-refractivity contribution is 7.99. The highest BCUT2D eigenvalue weighted by Gasteiger charge is 2.22. The molecular formula is C17H20N2O2S2. The van der Waals surface area contributed by atoms with Crippen LogP contribution in [-0.4, -0.2) is 27.8 Å². The van der Waals surface area contributed by atoms with E-state index in [0.29, 0.717) is 6.54 Å². The molecule has 0 amide bonds. The van der Waals surface area contributed by atoms with E-state index in [1.165, 1.54) is 27.4 Å². The van der Waals surface area contributed by atoms with E-state index in [-0.39, 0.29) is 0 Å². The third kappa shape index (κ3) is 4.07. The van der Waals surface area contributed by atoms with Gasteiger partial charge in [0.05, 0.1) is 17.6 Å². The van der Waals surface area contributed by atoms with Crippen LogP contribution in [-0.2, 0) is 10.0 Å². The minimum absolute atomic E-state index is 0.491. The minimum Gasteiger partial charge on any atom is -0.340 e. The minimum atomic E-state index is -3.09. The third-order valence-electron chi connectivity index (χ3n) is 3.70. The molecule has 0 atom stereocenters. The van der Waals surface area contributed by atoms with E-state index in [9.17, 15) is 8.42 Å². The SMILES string of the molecule is CS(=O)(=O)NCCCCN1c2ccccc2Sc2ccccc21. The zero-order valence-corrected chi connectivity index (χ0v) is 14.7. The van der Waals surface area contributed by atoms with Gasteiger partial charge in [-0.2, -0.15) is 0 Å². The van der Waals surface area contributed by atoms with E-state index in [1.54, 1.807) is 11.8 Å². The Balaban J connectivity index is 1.71. The maximum absolute atomic E-state index is 11.1. The van der Waals surface area contributed by atoms with Crippen molar-refractivity contribution in [2.24, 2.45) is 0 Å². The van der Waals surface area contributed by atoms with Gasteiger partial charge in [0.2, 0.25) is 10.0 Å². The van der Waals surface area contributed by atoms with Crippen molar-refractivity contribution < 1.29 is 8.42 Å². The first-order valence-electron chi connectivity index (χ1n) is 7.63. The molecule has 2 aromatic rings. The fraction of sp³-hybridized carbons (Fsp3) is 0.294. The first kappa shape index (κ1) is 16.4. The molecule has 3 rings (SSSR count). The molecule has 0 radical (unpaired) electrons. The molecule has 1 aliphatic rings. The van der Waals surface area contributed by atoms with Gasteiger partial charge in [-0.25, -0.2) is 13.1 Å². The second-order valence-electron chi connectivity index (χ2n) is 5.56. The Bertz CT molecular complexity index is 745. The van der Waals surface area contributed by atoms with Crippen molar-refractivity contribution >= 4 is 33.2 Å². The summed E-state index contributed by atoms with van der Waals surface area (Å²) < 4.78 is 24.7. The summed E-state index contributed by atoms with van der Waals surface area (Å²) in [6.07, 6.45) is 2.94. The molecule has 0 saturated heterocycles. The average Bonchev–Trinajstić information content (AvgIpc) is 2.52. The molecule has 0 spiro atoms. The third-order valence-corrected chi connectivity index (χ3v) is 5.56. The Morgan fingerprint density at radius 1 is 0.957 bits per heavy atom. The van der Waals surface area contributed by atoms with Gasteiger partial charge in [-0.05, 0) is 37.1 Å². The van der Waals surface area contributed by atoms with E-state index in [1.807, 2.05) is 0 Å². The fourth-order valence-corrected chi connectivity index (χ4v) is 4.29. The lowest BCUT2D eigenvalue weighted by Crippen LogP contribution is -2.25. The van der Waals surface area contributed by atoms with Crippen LogP contribution in [0.2, 0.25) is 0 Å². The van der Waals surface area contributed by atoms with Crippen molar-refractivity contribution in [3.63, 3.8) is 0 Å². The van der Waals surface area contributed by atoms with Crippen molar-refractivity contribution in [2.75, 3.05) is 24.2 Å². The van der Waals surface area contributed by atoms with E-state index < -0.39 is 10.0 Å². The Morgan fingerprint density at radius 2 is 1.52 bits per heavy atom. The summed E-state index contributed by atoms with van der Waals surface area (Å²) in [5.41, 5.74) is 2.46. The molecule has 4 nitrogen and oxygen atoms in total. The smallest absolute Gasteiger partial charge is 0.208 e. The molecule has 1 N–H and O–H groups in total. The summed E-state index contributed by atoms with van der Waals surface area (Å²) in [4.78, 5) is 4.86. The molecule has 0 bridgehead atoms. The van der Waals surface area contributed by atoms with Crippen LogP contribution < -0.4 is 9.62 Å². The maximum Gasteiger partial charge on any atom is 0.208 e. The van der Waals surface area contributed by atoms with E-state index >= 15 is 0 Å². The predicted octanol–water partition coefficient (Wildman–Crippen LogP) is 3.62. The molecular weight excluding hydrogens is 328 g/mol. The van der Waals surface area contributed by atoms with Crippen LogP contribution in [0.15, 0.2) is 58.3 Å². The molecule has 0 aliphatic carbocycles. The predicted molar refractivity (Wildman–Crippen MR) is 96.1 cm³/mol. The van der Waals surface area contributed by atoms with Crippen molar-refractivity contribution in [3.8, 4) is 0 Å². The number of rotatable bonds is 6. The van der Waals surface area contributed by atoms with Gasteiger partial charge in [-0.1, -0.05) is 36.0 Å². The van der Waals surface area contributed by atoms with Crippen LogP contribution in [0, 0.1) is 0 Å². The first-order valence-corrected chi connectivity index (χ1v) is 10.3. The summed E-state index contributed by atoms with van der Waals surface area (Å²) in [6.45, 7) is 1.37. The number of anilines is 2. The molecule has 23 heavy (non-hydrogen) atoms. The molecule has 1 heterocycles. The number of hydrogen-bond donors (Lipinski definition) is 1. The second kappa shape index (κ2) is 6.95. The van der Waals surface area contributed by atoms with Gasteiger partial charge in [0.1, 0.15) is 0 Å². The molecule has 1 aliphatic heterocycles. The Labute approximate surface area is 142 Å². The number of para-hydroxylation sites is 2. The summed E-state index contributed by atoms with van der Waals surface area (Å²) in [7, 11) is -3.09. The lowest BCUT2D eigenvalue weighted by molar-refractivity contribution is 0.583. The molecule has 0 fully saturated rings. The van der Waals surface area contributed by atoms with Crippen molar-refractivity contribution in [1.82, 2.24) is 4.72 Å². The van der Waals surface area contributed by atoms with Crippen LogP contribution in [0.1, 0.15) is 12.8 Å². The molecule has 122 valence electrons. The van der Waals surface area contributed by atoms with Gasteiger partial charge < -0.3 is 4.90 Å². The van der Waals surface area contributed by atoms with Gasteiger partial charge in [-0.3, -0.25) is 0 Å². The van der Waals surface area contributed by atoms with Crippen molar-refractivity contribution in [2.45, 2.75) is 22.6 Å². The molecule has 6 heteroatoms. The zero-order valence-electron chi connectivity index (χ0n) is 13.0. The quantitative estimate of drug-likeness (QED) is 0.810. The van der Waals surface area contributed by atoms with E-state index in [4.69, 9.17) is 0 Å². The topological polar surface area (TPSA) is 49.4 Å². The number of sulfonamides is 1. The summed E-state index contributed by atoms with van der Waals surface area (Å²) in [5.74, 6) is 0. The summed E-state index contributed by atoms with van der Waals surface area (Å²) in [5, 5.41) is 0. The lowest BCUT2D eigenvalue weighted by atomic mass is 10.2. The molecule has 2 aromatic carbocycles. The maximum atomic E-state index is 11.1. The molecule has 0 saturated carbocycles. The fourth-order valence-electron chi connectivity index (χ4n) is 2.67. The number of unbranched alkanes of at least 4 members (excludes halogenated alkanes) is 1. The van der Waals surface area contributed by atoms with E-state index in [2.05, 4.69) is 58.2 Å². The van der Waals surface area contributed by atoms with Gasteiger partial charge in [0.25, 0.3) is 0 Å². The van der Waals surface area contributed by atoms with Crippen LogP contribution >= 0.6 is 11.8 Å². The highest BCUT2D eigenvalue weighted by atomic mass is 32.2. The summed E-state index contributed by atoms with van der Waals surface area (Å²) in [6, 6.07) is 16.8. The molecule has 0 unspecified atom stereocenters. The number of nitrogens with zero attached hydrogens (tertiary/aromatic N) is 1. The average molecular weight is 348 g/mol. The number of fused-ring (bicyclic) bond motifs is 2. The van der Waals surface area contributed by atoms with E-state index in [0.717, 1.165) is 19.4 Å². The normalized spacial score (nSPS) is 13.5. The Kier molecular flexibility index (Phi) is 4.94. The Morgan fingerprint density at radius 3 is 2.09 bits per heavy atom. The Hall–Kier alpha value is -1.50. The van der Waals surface area contributed by atoms with Crippen LogP contribution in [0.5, 0.6) is 0 Å². The van der Waals surface area contributed by atoms with Gasteiger partial charge in [0, 0.05) is 22.9 Å². The van der Waals surface area contributed by atoms with Crippen LogP contribution in [0.25, 0.3) is 0 Å². The molecule has 0 aromatic heterocycles. The number of hydrogen-bond acceptors (Lipinski definition) is 4. The van der Waals surface area contributed by atoms with Gasteiger partial charge >= 0.3 is 0 Å². The highest BCUT2D eigenvalue weighted by Crippen LogP contribution is 2.47. The van der Waals surface area contributed by atoms with Crippen LogP contribution in [0.4, 0.5) is 11.4 Å². The lowest BCUT2D eigenvalue weighted by Gasteiger charge is -2.32. The zero-order chi connectivity index (χ0) is 16.3. The van der Waals surface area contributed by atoms with Gasteiger partial charge in [0.15, 0.2) is 0 Å². The largest absolute Gasteiger partial charge is 0.340 e. The van der Waals surface area contributed by atoms with Crippen LogP contribution in [0.3, 0.4) is 0 Å². The first-order chi connectivity index (χ1) is 11.0. The number of nitrogens with one attached hydrogen (secondary N) is 1. The number of benzene rings is 2. The monoisotopic (exact) mass is 348 g/mol. The van der Waals surface area contributed by atoms with Gasteiger partial charge in [-0.15, -0.1) is 0 Å².